The Kier molecular flexibility index (Phi) is 3.39. The summed E-state index contributed by atoms with van der Waals surface area (Å²) in [7, 11) is 0. The predicted octanol–water partition coefficient (Wildman–Crippen LogP) is 3.30. The molecule has 1 aromatic carbocycles. The van der Waals surface area contributed by atoms with Crippen LogP contribution >= 0.6 is 0 Å². The van der Waals surface area contributed by atoms with Crippen LogP contribution in [-0.4, -0.2) is 20.6 Å². The molecule has 4 nitrogen and oxygen atoms in total. The van der Waals surface area contributed by atoms with Gasteiger partial charge in [0.1, 0.15) is 5.82 Å². The van der Waals surface area contributed by atoms with Crippen molar-refractivity contribution < 1.29 is 18.7 Å². The number of imidazole rings is 1. The summed E-state index contributed by atoms with van der Waals surface area (Å²) in [6.45, 7) is 2.24. The van der Waals surface area contributed by atoms with E-state index < -0.39 is 17.6 Å². The highest BCUT2D eigenvalue weighted by Gasteiger charge is 2.32. The van der Waals surface area contributed by atoms with Gasteiger partial charge in [-0.1, -0.05) is 6.92 Å². The molecule has 6 heteroatoms. The number of rotatable bonds is 5. The van der Waals surface area contributed by atoms with Gasteiger partial charge in [-0.3, -0.25) is 4.79 Å². The summed E-state index contributed by atoms with van der Waals surface area (Å²) >= 11 is 0. The summed E-state index contributed by atoms with van der Waals surface area (Å²) in [5.74, 6) is -1.39. The summed E-state index contributed by atoms with van der Waals surface area (Å²) in [5.41, 5.74) is 0.833. The second-order valence-electron chi connectivity index (χ2n) is 5.65. The van der Waals surface area contributed by atoms with Crippen molar-refractivity contribution in [3.05, 3.63) is 29.6 Å². The summed E-state index contributed by atoms with van der Waals surface area (Å²) in [6.07, 6.45) is 2.16. The maximum atomic E-state index is 13.5. The number of halogens is 2. The molecule has 2 aromatic rings. The number of nitrogens with zero attached hydrogens (tertiary/aromatic N) is 2. The molecule has 0 aliphatic heterocycles. The van der Waals surface area contributed by atoms with Gasteiger partial charge in [-0.15, -0.1) is 0 Å². The smallest absolute Gasteiger partial charge is 0.305 e. The van der Waals surface area contributed by atoms with Crippen LogP contribution in [0.1, 0.15) is 37.9 Å². The molecule has 0 radical (unpaired) electrons. The SMILES string of the molecule is CC(c1nc2cc(F)c(F)cc2n1CCC(=O)O)C1CC1. The number of aromatic nitrogens is 2. The Labute approximate surface area is 120 Å². The molecule has 1 heterocycles. The van der Waals surface area contributed by atoms with Crippen LogP contribution in [0.5, 0.6) is 0 Å². The fraction of sp³-hybridized carbons (Fsp3) is 0.467. The first-order valence-corrected chi connectivity index (χ1v) is 7.04. The van der Waals surface area contributed by atoms with E-state index in [-0.39, 0.29) is 18.9 Å². The normalized spacial score (nSPS) is 16.3. The van der Waals surface area contributed by atoms with Crippen molar-refractivity contribution in [3.63, 3.8) is 0 Å². The topological polar surface area (TPSA) is 55.1 Å². The molecule has 0 spiro atoms. The third kappa shape index (κ3) is 2.62. The van der Waals surface area contributed by atoms with Gasteiger partial charge in [-0.05, 0) is 18.8 Å². The van der Waals surface area contributed by atoms with E-state index in [1.54, 1.807) is 4.57 Å². The van der Waals surface area contributed by atoms with Crippen LogP contribution in [0.25, 0.3) is 11.0 Å². The van der Waals surface area contributed by atoms with Crippen molar-refractivity contribution >= 4 is 17.0 Å². The van der Waals surface area contributed by atoms with Gasteiger partial charge >= 0.3 is 5.97 Å². The minimum Gasteiger partial charge on any atom is -0.481 e. The second-order valence-corrected chi connectivity index (χ2v) is 5.65. The number of carboxylic acid groups (broad SMARTS) is 1. The average Bonchev–Trinajstić information content (AvgIpc) is 3.21. The molecule has 1 aliphatic rings. The van der Waals surface area contributed by atoms with Gasteiger partial charge in [0.05, 0.1) is 17.5 Å². The Balaban J connectivity index is 2.10. The van der Waals surface area contributed by atoms with Crippen LogP contribution in [0.15, 0.2) is 12.1 Å². The molecule has 0 bridgehead atoms. The van der Waals surface area contributed by atoms with Gasteiger partial charge in [-0.2, -0.15) is 0 Å². The van der Waals surface area contributed by atoms with E-state index in [0.29, 0.717) is 17.0 Å². The molecule has 21 heavy (non-hydrogen) atoms. The van der Waals surface area contributed by atoms with Gasteiger partial charge in [0.15, 0.2) is 11.6 Å². The number of benzene rings is 1. The number of carbonyl (C=O) groups is 1. The van der Waals surface area contributed by atoms with E-state index >= 15 is 0 Å². The molecule has 1 aliphatic carbocycles. The zero-order chi connectivity index (χ0) is 15.1. The highest BCUT2D eigenvalue weighted by Crippen LogP contribution is 2.42. The maximum Gasteiger partial charge on any atom is 0.305 e. The first-order chi connectivity index (χ1) is 9.97. The highest BCUT2D eigenvalue weighted by atomic mass is 19.2. The third-order valence-corrected chi connectivity index (χ3v) is 4.11. The lowest BCUT2D eigenvalue weighted by molar-refractivity contribution is -0.137. The minimum absolute atomic E-state index is 0.0746. The lowest BCUT2D eigenvalue weighted by Gasteiger charge is -2.13. The van der Waals surface area contributed by atoms with Gasteiger partial charge < -0.3 is 9.67 Å². The second kappa shape index (κ2) is 5.09. The molecule has 112 valence electrons. The quantitative estimate of drug-likeness (QED) is 0.920. The Morgan fingerprint density at radius 3 is 2.71 bits per heavy atom. The fourth-order valence-electron chi connectivity index (χ4n) is 2.74. The van der Waals surface area contributed by atoms with Crippen LogP contribution in [0.2, 0.25) is 0 Å². The monoisotopic (exact) mass is 294 g/mol. The molecule has 0 saturated heterocycles. The minimum atomic E-state index is -0.940. The van der Waals surface area contributed by atoms with E-state index in [4.69, 9.17) is 5.11 Å². The number of aryl methyl sites for hydroxylation is 1. The van der Waals surface area contributed by atoms with Crippen LogP contribution < -0.4 is 0 Å². The van der Waals surface area contributed by atoms with Gasteiger partial charge in [-0.25, -0.2) is 13.8 Å². The van der Waals surface area contributed by atoms with Crippen LogP contribution in [0.4, 0.5) is 8.78 Å². The Hall–Kier alpha value is -1.98. The number of hydrogen-bond acceptors (Lipinski definition) is 2. The van der Waals surface area contributed by atoms with Gasteiger partial charge in [0.25, 0.3) is 0 Å². The lowest BCUT2D eigenvalue weighted by Crippen LogP contribution is -2.11. The standard InChI is InChI=1S/C15H16F2N2O2/c1-8(9-2-3-9)15-18-12-6-10(16)11(17)7-13(12)19(15)5-4-14(20)21/h6-9H,2-5H2,1H3,(H,20,21). The van der Waals surface area contributed by atoms with Crippen molar-refractivity contribution in [2.75, 3.05) is 0 Å². The molecule has 0 amide bonds. The number of fused-ring (bicyclic) bond motifs is 1. The molecule has 1 fully saturated rings. The van der Waals surface area contributed by atoms with E-state index in [9.17, 15) is 13.6 Å². The van der Waals surface area contributed by atoms with Crippen molar-refractivity contribution in [2.24, 2.45) is 5.92 Å². The maximum absolute atomic E-state index is 13.5. The summed E-state index contributed by atoms with van der Waals surface area (Å²) in [6, 6.07) is 2.17. The van der Waals surface area contributed by atoms with Crippen molar-refractivity contribution in [1.29, 1.82) is 0 Å². The van der Waals surface area contributed by atoms with Crippen molar-refractivity contribution in [1.82, 2.24) is 9.55 Å². The lowest BCUT2D eigenvalue weighted by atomic mass is 10.1. The first kappa shape index (κ1) is 14.0. The van der Waals surface area contributed by atoms with Gasteiger partial charge in [0.2, 0.25) is 0 Å². The molecule has 1 unspecified atom stereocenters. The zero-order valence-electron chi connectivity index (χ0n) is 11.6. The molecule has 3 rings (SSSR count). The average molecular weight is 294 g/mol. The summed E-state index contributed by atoms with van der Waals surface area (Å²) in [5, 5.41) is 8.87. The van der Waals surface area contributed by atoms with E-state index in [0.717, 1.165) is 30.8 Å². The Bertz CT molecular complexity index is 707. The van der Waals surface area contributed by atoms with Crippen LogP contribution in [0, 0.1) is 17.6 Å². The highest BCUT2D eigenvalue weighted by molar-refractivity contribution is 5.77. The molecular weight excluding hydrogens is 278 g/mol. The molecular formula is C15H16F2N2O2. The third-order valence-electron chi connectivity index (χ3n) is 4.11. The fourth-order valence-corrected chi connectivity index (χ4v) is 2.74. The zero-order valence-corrected chi connectivity index (χ0v) is 11.6. The Morgan fingerprint density at radius 2 is 2.10 bits per heavy atom. The van der Waals surface area contributed by atoms with E-state index in [2.05, 4.69) is 4.98 Å². The number of aliphatic carboxylic acids is 1. The predicted molar refractivity (Wildman–Crippen MR) is 73.0 cm³/mol. The van der Waals surface area contributed by atoms with Gasteiger partial charge in [0, 0.05) is 24.6 Å². The van der Waals surface area contributed by atoms with Crippen molar-refractivity contribution in [3.8, 4) is 0 Å². The summed E-state index contributed by atoms with van der Waals surface area (Å²) < 4.78 is 28.6. The Morgan fingerprint density at radius 1 is 1.43 bits per heavy atom. The summed E-state index contributed by atoms with van der Waals surface area (Å²) in [4.78, 5) is 15.2. The van der Waals surface area contributed by atoms with E-state index in [1.165, 1.54) is 0 Å². The van der Waals surface area contributed by atoms with E-state index in [1.807, 2.05) is 6.92 Å². The number of hydrogen-bond donors (Lipinski definition) is 1. The first-order valence-electron chi connectivity index (χ1n) is 7.04. The molecule has 1 saturated carbocycles. The number of carboxylic acids is 1. The molecule has 1 N–H and O–H groups in total. The molecule has 1 atom stereocenters. The van der Waals surface area contributed by atoms with Crippen LogP contribution in [-0.2, 0) is 11.3 Å². The van der Waals surface area contributed by atoms with Crippen LogP contribution in [0.3, 0.4) is 0 Å². The molecule has 1 aromatic heterocycles. The largest absolute Gasteiger partial charge is 0.481 e. The van der Waals surface area contributed by atoms with Crippen molar-refractivity contribution in [2.45, 2.75) is 38.6 Å².